The smallest absolute Gasteiger partial charge is 0.126 e. The minimum absolute atomic E-state index is 0.164. The van der Waals surface area contributed by atoms with Gasteiger partial charge in [-0.05, 0) is 42.3 Å². The lowest BCUT2D eigenvalue weighted by Gasteiger charge is -2.31. The van der Waals surface area contributed by atoms with Gasteiger partial charge in [-0.3, -0.25) is 0 Å². The van der Waals surface area contributed by atoms with Crippen LogP contribution in [0.1, 0.15) is 20.3 Å². The predicted molar refractivity (Wildman–Crippen MR) is 100 cm³/mol. The van der Waals surface area contributed by atoms with Crippen LogP contribution in [0, 0.1) is 0 Å². The Morgan fingerprint density at radius 3 is 2.25 bits per heavy atom. The van der Waals surface area contributed by atoms with E-state index in [1.807, 2.05) is 31.3 Å². The quantitative estimate of drug-likeness (QED) is 0.650. The van der Waals surface area contributed by atoms with Crippen LogP contribution in [0.5, 0.6) is 5.75 Å². The fraction of sp³-hybridized carbons (Fsp3) is 0.238. The molecule has 0 spiro atoms. The molecule has 3 rings (SSSR count). The third-order valence-electron chi connectivity index (χ3n) is 4.21. The molecule has 0 saturated carbocycles. The van der Waals surface area contributed by atoms with Crippen LogP contribution in [0.15, 0.2) is 66.7 Å². The van der Waals surface area contributed by atoms with Crippen molar-refractivity contribution in [3.8, 4) is 5.75 Å². The average Bonchev–Trinajstić information content (AvgIpc) is 2.62. The SMILES string of the molecule is CCC(C)Oc1cc2ccccc2cc1[N-][NH+](C)c1ccccc1. The molecule has 3 aromatic rings. The third-order valence-corrected chi connectivity index (χ3v) is 4.21. The molecule has 124 valence electrons. The van der Waals surface area contributed by atoms with Crippen LogP contribution in [0.3, 0.4) is 0 Å². The summed E-state index contributed by atoms with van der Waals surface area (Å²) in [6, 6.07) is 22.8. The van der Waals surface area contributed by atoms with Crippen LogP contribution in [0.25, 0.3) is 16.2 Å². The highest BCUT2D eigenvalue weighted by Crippen LogP contribution is 2.35. The van der Waals surface area contributed by atoms with Crippen molar-refractivity contribution in [3.05, 3.63) is 72.2 Å². The van der Waals surface area contributed by atoms with Crippen LogP contribution in [-0.4, -0.2) is 13.2 Å². The zero-order chi connectivity index (χ0) is 16.9. The topological polar surface area (TPSA) is 27.8 Å². The minimum Gasteiger partial charge on any atom is -0.492 e. The number of para-hydroxylation sites is 1. The molecule has 3 heteroatoms. The first kappa shape index (κ1) is 16.3. The van der Waals surface area contributed by atoms with Crippen molar-refractivity contribution in [1.29, 1.82) is 0 Å². The van der Waals surface area contributed by atoms with Crippen molar-refractivity contribution in [2.45, 2.75) is 26.4 Å². The molecule has 0 aromatic heterocycles. The second kappa shape index (κ2) is 7.37. The molecule has 2 atom stereocenters. The Morgan fingerprint density at radius 2 is 1.58 bits per heavy atom. The van der Waals surface area contributed by atoms with Gasteiger partial charge in [-0.15, -0.1) is 0 Å². The molecule has 0 aliphatic heterocycles. The second-order valence-corrected chi connectivity index (χ2v) is 6.07. The predicted octanol–water partition coefficient (Wildman–Crippen LogP) is 4.78. The standard InChI is InChI=1S/C21H24N2O/c1-4-16(2)24-21-15-18-11-9-8-10-17(18)14-20(21)22-23(3)19-12-6-5-7-13-19/h5-16,23H,4H2,1-3H3. The highest BCUT2D eigenvalue weighted by atomic mass is 16.5. The fourth-order valence-electron chi connectivity index (χ4n) is 2.61. The lowest BCUT2D eigenvalue weighted by atomic mass is 10.1. The summed E-state index contributed by atoms with van der Waals surface area (Å²) in [4.78, 5) is 0. The van der Waals surface area contributed by atoms with Gasteiger partial charge in [0.1, 0.15) is 11.4 Å². The van der Waals surface area contributed by atoms with Crippen molar-refractivity contribution in [1.82, 2.24) is 0 Å². The van der Waals surface area contributed by atoms with Gasteiger partial charge in [-0.1, -0.05) is 61.1 Å². The van der Waals surface area contributed by atoms with Gasteiger partial charge in [0.05, 0.1) is 13.2 Å². The molecule has 0 radical (unpaired) electrons. The van der Waals surface area contributed by atoms with Gasteiger partial charge in [0, 0.05) is 0 Å². The van der Waals surface area contributed by atoms with Crippen molar-refractivity contribution in [2.24, 2.45) is 0 Å². The second-order valence-electron chi connectivity index (χ2n) is 6.07. The zero-order valence-electron chi connectivity index (χ0n) is 14.5. The molecule has 2 unspecified atom stereocenters. The van der Waals surface area contributed by atoms with Crippen molar-refractivity contribution >= 4 is 22.1 Å². The van der Waals surface area contributed by atoms with E-state index in [4.69, 9.17) is 10.2 Å². The third kappa shape index (κ3) is 3.69. The van der Waals surface area contributed by atoms with E-state index in [-0.39, 0.29) is 6.10 Å². The highest BCUT2D eigenvalue weighted by Gasteiger charge is 2.07. The van der Waals surface area contributed by atoms with E-state index >= 15 is 0 Å². The van der Waals surface area contributed by atoms with E-state index in [2.05, 4.69) is 56.3 Å². The van der Waals surface area contributed by atoms with Gasteiger partial charge >= 0.3 is 0 Å². The first-order valence-corrected chi connectivity index (χ1v) is 8.47. The number of nitrogens with one attached hydrogen (secondary N) is 1. The zero-order valence-corrected chi connectivity index (χ0v) is 14.5. The number of hydrogen-bond donors (Lipinski definition) is 1. The summed E-state index contributed by atoms with van der Waals surface area (Å²) in [6.07, 6.45) is 1.13. The Balaban J connectivity index is 1.96. The Hall–Kier alpha value is -2.52. The number of nitrogens with zero attached hydrogens (tertiary/aromatic N) is 1. The molecule has 0 amide bonds. The molecular formula is C21H24N2O. The number of benzene rings is 3. The average molecular weight is 320 g/mol. The van der Waals surface area contributed by atoms with Crippen molar-refractivity contribution in [2.75, 3.05) is 7.05 Å². The lowest BCUT2D eigenvalue weighted by molar-refractivity contribution is -0.763. The van der Waals surface area contributed by atoms with E-state index in [0.717, 1.165) is 28.6 Å². The van der Waals surface area contributed by atoms with E-state index in [1.165, 1.54) is 10.8 Å². The summed E-state index contributed by atoms with van der Waals surface area (Å²) in [6.45, 7) is 4.22. The number of rotatable bonds is 6. The Kier molecular flexibility index (Phi) is 5.02. The summed E-state index contributed by atoms with van der Waals surface area (Å²) in [5, 5.41) is 3.33. The Labute approximate surface area is 143 Å². The fourth-order valence-corrected chi connectivity index (χ4v) is 2.61. The van der Waals surface area contributed by atoms with Crippen molar-refractivity contribution < 1.29 is 9.75 Å². The molecule has 0 saturated heterocycles. The number of fused-ring (bicyclic) bond motifs is 1. The first-order chi connectivity index (χ1) is 11.7. The number of ether oxygens (including phenoxy) is 1. The van der Waals surface area contributed by atoms with E-state index < -0.39 is 0 Å². The maximum Gasteiger partial charge on any atom is 0.126 e. The molecule has 0 aliphatic carbocycles. The minimum atomic E-state index is 0.164. The highest BCUT2D eigenvalue weighted by molar-refractivity contribution is 5.89. The summed E-state index contributed by atoms with van der Waals surface area (Å²) in [5.74, 6) is 0.846. The number of hydrogen-bond acceptors (Lipinski definition) is 1. The largest absolute Gasteiger partial charge is 0.492 e. The molecule has 1 N–H and O–H groups in total. The van der Waals surface area contributed by atoms with E-state index in [9.17, 15) is 0 Å². The summed E-state index contributed by atoms with van der Waals surface area (Å²) >= 11 is 0. The summed E-state index contributed by atoms with van der Waals surface area (Å²) in [7, 11) is 2.04. The van der Waals surface area contributed by atoms with Crippen LogP contribution in [0.4, 0.5) is 11.4 Å². The maximum atomic E-state index is 6.13. The maximum absolute atomic E-state index is 6.13. The van der Waals surface area contributed by atoms with Gasteiger partial charge in [0.2, 0.25) is 0 Å². The molecule has 24 heavy (non-hydrogen) atoms. The number of quaternary nitrogens is 1. The van der Waals surface area contributed by atoms with Crippen LogP contribution < -0.4 is 9.75 Å². The van der Waals surface area contributed by atoms with E-state index in [0.29, 0.717) is 0 Å². The van der Waals surface area contributed by atoms with E-state index in [1.54, 1.807) is 0 Å². The molecule has 0 aliphatic rings. The monoisotopic (exact) mass is 320 g/mol. The summed E-state index contributed by atoms with van der Waals surface area (Å²) < 4.78 is 6.13. The van der Waals surface area contributed by atoms with Crippen LogP contribution >= 0.6 is 0 Å². The van der Waals surface area contributed by atoms with Gasteiger partial charge in [-0.25, -0.2) is 0 Å². The normalized spacial score (nSPS) is 13.5. The molecule has 3 nitrogen and oxygen atoms in total. The Bertz CT molecular complexity index is 801. The van der Waals surface area contributed by atoms with Gasteiger partial charge < -0.3 is 15.2 Å². The molecular weight excluding hydrogens is 296 g/mol. The van der Waals surface area contributed by atoms with Gasteiger partial charge in [0.15, 0.2) is 0 Å². The summed E-state index contributed by atoms with van der Waals surface area (Å²) in [5.41, 5.74) is 6.87. The van der Waals surface area contributed by atoms with Gasteiger partial charge in [0.25, 0.3) is 0 Å². The lowest BCUT2D eigenvalue weighted by Crippen LogP contribution is -2.98. The molecule has 0 bridgehead atoms. The van der Waals surface area contributed by atoms with Crippen LogP contribution in [0.2, 0.25) is 0 Å². The van der Waals surface area contributed by atoms with Crippen molar-refractivity contribution in [3.63, 3.8) is 0 Å². The van der Waals surface area contributed by atoms with Gasteiger partial charge in [-0.2, -0.15) is 0 Å². The molecule has 3 aromatic carbocycles. The van der Waals surface area contributed by atoms with Crippen LogP contribution in [-0.2, 0) is 0 Å². The Morgan fingerprint density at radius 1 is 0.958 bits per heavy atom. The molecule has 0 heterocycles. The molecule has 0 fully saturated rings. The first-order valence-electron chi connectivity index (χ1n) is 8.47.